The van der Waals surface area contributed by atoms with Crippen molar-refractivity contribution in [3.63, 3.8) is 0 Å². The van der Waals surface area contributed by atoms with Gasteiger partial charge in [0.15, 0.2) is 0 Å². The molecule has 2 rings (SSSR count). The van der Waals surface area contributed by atoms with E-state index >= 15 is 0 Å². The lowest BCUT2D eigenvalue weighted by Crippen LogP contribution is -2.30. The smallest absolute Gasteiger partial charge is 0.0979 e. The van der Waals surface area contributed by atoms with E-state index in [0.717, 1.165) is 0 Å². The lowest BCUT2D eigenvalue weighted by molar-refractivity contribution is 0.0505. The normalized spacial score (nSPS) is 14.2. The molecule has 0 aromatic heterocycles. The van der Waals surface area contributed by atoms with Gasteiger partial charge < -0.3 is 10.1 Å². The van der Waals surface area contributed by atoms with Crippen LogP contribution in [0.4, 0.5) is 0 Å². The van der Waals surface area contributed by atoms with E-state index in [-0.39, 0.29) is 12.1 Å². The first-order chi connectivity index (χ1) is 10.3. The van der Waals surface area contributed by atoms with E-state index in [1.807, 2.05) is 43.4 Å². The van der Waals surface area contributed by atoms with Crippen molar-refractivity contribution >= 4 is 6.08 Å². The number of hydrogen-bond acceptors (Lipinski definition) is 2. The van der Waals surface area contributed by atoms with Crippen LogP contribution in [0, 0.1) is 0 Å². The number of likely N-dealkylation sites (N-methyl/N-ethyl adjacent to an activating group) is 1. The van der Waals surface area contributed by atoms with Gasteiger partial charge in [-0.1, -0.05) is 72.8 Å². The quantitative estimate of drug-likeness (QED) is 0.826. The lowest BCUT2D eigenvalue weighted by Gasteiger charge is -2.24. The Morgan fingerprint density at radius 1 is 1.00 bits per heavy atom. The summed E-state index contributed by atoms with van der Waals surface area (Å²) in [6.07, 6.45) is 4.20. The summed E-state index contributed by atoms with van der Waals surface area (Å²) in [5, 5.41) is 3.27. The highest BCUT2D eigenvalue weighted by Gasteiger charge is 2.17. The largest absolute Gasteiger partial charge is 0.368 e. The van der Waals surface area contributed by atoms with E-state index < -0.39 is 0 Å². The first-order valence-electron chi connectivity index (χ1n) is 7.36. The van der Waals surface area contributed by atoms with Crippen molar-refractivity contribution in [1.82, 2.24) is 5.32 Å². The molecule has 1 N–H and O–H groups in total. The highest BCUT2D eigenvalue weighted by Crippen LogP contribution is 2.21. The molecule has 0 heterocycles. The molecule has 21 heavy (non-hydrogen) atoms. The van der Waals surface area contributed by atoms with Crippen molar-refractivity contribution in [3.8, 4) is 0 Å². The molecular weight excluding hydrogens is 258 g/mol. The third kappa shape index (κ3) is 4.85. The summed E-state index contributed by atoms with van der Waals surface area (Å²) in [4.78, 5) is 0. The maximum atomic E-state index is 6.05. The van der Waals surface area contributed by atoms with Gasteiger partial charge in [0.1, 0.15) is 0 Å². The van der Waals surface area contributed by atoms with E-state index in [1.54, 1.807) is 0 Å². The fraction of sp³-hybridized carbons (Fsp3) is 0.263. The SMILES string of the molecule is CNC(C)C(OCC=Cc1ccccc1)c1ccccc1. The molecule has 0 saturated carbocycles. The van der Waals surface area contributed by atoms with Crippen molar-refractivity contribution in [2.75, 3.05) is 13.7 Å². The zero-order valence-electron chi connectivity index (χ0n) is 12.7. The molecule has 2 aromatic carbocycles. The highest BCUT2D eigenvalue weighted by molar-refractivity contribution is 5.48. The van der Waals surface area contributed by atoms with Crippen molar-refractivity contribution < 1.29 is 4.74 Å². The molecule has 2 heteroatoms. The fourth-order valence-corrected chi connectivity index (χ4v) is 2.23. The Kier molecular flexibility index (Phi) is 6.20. The van der Waals surface area contributed by atoms with Gasteiger partial charge in [0.05, 0.1) is 12.7 Å². The van der Waals surface area contributed by atoms with Gasteiger partial charge in [0.2, 0.25) is 0 Å². The number of benzene rings is 2. The molecule has 0 radical (unpaired) electrons. The predicted molar refractivity (Wildman–Crippen MR) is 89.1 cm³/mol. The minimum atomic E-state index is 0.0524. The second-order valence-electron chi connectivity index (χ2n) is 5.06. The van der Waals surface area contributed by atoms with Gasteiger partial charge in [-0.2, -0.15) is 0 Å². The summed E-state index contributed by atoms with van der Waals surface area (Å²) >= 11 is 0. The van der Waals surface area contributed by atoms with Gasteiger partial charge in [0.25, 0.3) is 0 Å². The maximum absolute atomic E-state index is 6.05. The highest BCUT2D eigenvalue weighted by atomic mass is 16.5. The second kappa shape index (κ2) is 8.40. The molecule has 2 nitrogen and oxygen atoms in total. The summed E-state index contributed by atoms with van der Waals surface area (Å²) in [7, 11) is 1.96. The zero-order valence-corrected chi connectivity index (χ0v) is 12.7. The van der Waals surface area contributed by atoms with E-state index in [0.29, 0.717) is 6.61 Å². The molecule has 0 aliphatic heterocycles. The number of ether oxygens (including phenoxy) is 1. The Morgan fingerprint density at radius 3 is 2.24 bits per heavy atom. The van der Waals surface area contributed by atoms with Crippen LogP contribution in [0.3, 0.4) is 0 Å². The Balaban J connectivity index is 1.95. The van der Waals surface area contributed by atoms with Crippen LogP contribution in [0.1, 0.15) is 24.2 Å². The molecule has 0 fully saturated rings. The Labute approximate surface area is 127 Å². The monoisotopic (exact) mass is 281 g/mol. The third-order valence-corrected chi connectivity index (χ3v) is 3.52. The van der Waals surface area contributed by atoms with Crippen molar-refractivity contribution in [2.45, 2.75) is 19.1 Å². The average molecular weight is 281 g/mol. The number of hydrogen-bond donors (Lipinski definition) is 1. The van der Waals surface area contributed by atoms with Crippen LogP contribution in [0.5, 0.6) is 0 Å². The van der Waals surface area contributed by atoms with E-state index in [2.05, 4.69) is 48.7 Å². The molecule has 2 atom stereocenters. The molecule has 2 aromatic rings. The second-order valence-corrected chi connectivity index (χ2v) is 5.06. The molecule has 0 bridgehead atoms. The Hall–Kier alpha value is -1.90. The minimum absolute atomic E-state index is 0.0524. The van der Waals surface area contributed by atoms with Crippen LogP contribution < -0.4 is 5.32 Å². The summed E-state index contributed by atoms with van der Waals surface area (Å²) in [6, 6.07) is 20.9. The Morgan fingerprint density at radius 2 is 1.62 bits per heavy atom. The summed E-state index contributed by atoms with van der Waals surface area (Å²) in [5.41, 5.74) is 2.39. The molecule has 0 aliphatic rings. The first kappa shape index (κ1) is 15.5. The predicted octanol–water partition coefficient (Wildman–Crippen LogP) is 4.07. The Bertz CT molecular complexity index is 536. The molecule has 0 spiro atoms. The molecule has 110 valence electrons. The van der Waals surface area contributed by atoms with Crippen LogP contribution in [0.2, 0.25) is 0 Å². The van der Waals surface area contributed by atoms with Gasteiger partial charge in [0, 0.05) is 6.04 Å². The lowest BCUT2D eigenvalue weighted by atomic mass is 10.0. The van der Waals surface area contributed by atoms with Crippen molar-refractivity contribution in [2.24, 2.45) is 0 Å². The topological polar surface area (TPSA) is 21.3 Å². The van der Waals surface area contributed by atoms with Gasteiger partial charge in [-0.05, 0) is 25.1 Å². The summed E-state index contributed by atoms with van der Waals surface area (Å²) < 4.78 is 6.05. The minimum Gasteiger partial charge on any atom is -0.368 e. The number of nitrogens with one attached hydrogen (secondary N) is 1. The zero-order chi connectivity index (χ0) is 14.9. The van der Waals surface area contributed by atoms with Crippen LogP contribution in [-0.4, -0.2) is 19.7 Å². The van der Waals surface area contributed by atoms with Gasteiger partial charge in [-0.25, -0.2) is 0 Å². The average Bonchev–Trinajstić information content (AvgIpc) is 2.56. The fourth-order valence-electron chi connectivity index (χ4n) is 2.23. The van der Waals surface area contributed by atoms with Crippen LogP contribution in [0.25, 0.3) is 6.08 Å². The van der Waals surface area contributed by atoms with Crippen LogP contribution in [-0.2, 0) is 4.74 Å². The molecule has 0 amide bonds. The number of rotatable bonds is 7. The summed E-state index contributed by atoms with van der Waals surface area (Å²) in [6.45, 7) is 2.74. The molecule has 0 aliphatic carbocycles. The van der Waals surface area contributed by atoms with E-state index in [1.165, 1.54) is 11.1 Å². The standard InChI is InChI=1S/C19H23NO/c1-16(20-2)19(18-13-7-4-8-14-18)21-15-9-12-17-10-5-3-6-11-17/h3-14,16,19-20H,15H2,1-2H3. The van der Waals surface area contributed by atoms with Crippen molar-refractivity contribution in [3.05, 3.63) is 77.9 Å². The van der Waals surface area contributed by atoms with E-state index in [4.69, 9.17) is 4.74 Å². The van der Waals surface area contributed by atoms with Gasteiger partial charge in [-0.15, -0.1) is 0 Å². The van der Waals surface area contributed by atoms with Gasteiger partial charge in [-0.3, -0.25) is 0 Å². The molecule has 2 unspecified atom stereocenters. The van der Waals surface area contributed by atoms with Gasteiger partial charge >= 0.3 is 0 Å². The third-order valence-electron chi connectivity index (χ3n) is 3.52. The summed E-state index contributed by atoms with van der Waals surface area (Å²) in [5.74, 6) is 0. The van der Waals surface area contributed by atoms with Crippen molar-refractivity contribution in [1.29, 1.82) is 0 Å². The maximum Gasteiger partial charge on any atom is 0.0979 e. The van der Waals surface area contributed by atoms with Crippen LogP contribution >= 0.6 is 0 Å². The first-order valence-corrected chi connectivity index (χ1v) is 7.36. The molecular formula is C19H23NO. The van der Waals surface area contributed by atoms with E-state index in [9.17, 15) is 0 Å². The van der Waals surface area contributed by atoms with Crippen LogP contribution in [0.15, 0.2) is 66.7 Å². The molecule has 0 saturated heterocycles.